The standard InChI is InChI=1S/C14H16N2O/c1-11-7-5-6-10-13(11)16-14(17)15-12-8-3-2-4-9-12/h2-11,13H,1H3,(H2,15,16,17). The van der Waals surface area contributed by atoms with Gasteiger partial charge in [-0.1, -0.05) is 49.4 Å². The molecule has 3 heteroatoms. The summed E-state index contributed by atoms with van der Waals surface area (Å²) >= 11 is 0. The molecule has 0 aromatic heterocycles. The van der Waals surface area contributed by atoms with Gasteiger partial charge in [0.05, 0.1) is 6.04 Å². The number of carbonyl (C=O) groups is 1. The van der Waals surface area contributed by atoms with E-state index in [9.17, 15) is 4.79 Å². The normalized spacial score (nSPS) is 22.2. The van der Waals surface area contributed by atoms with Crippen molar-refractivity contribution in [3.8, 4) is 0 Å². The summed E-state index contributed by atoms with van der Waals surface area (Å²) in [5.74, 6) is 0.321. The molecule has 1 aromatic carbocycles. The van der Waals surface area contributed by atoms with Gasteiger partial charge < -0.3 is 10.6 Å². The van der Waals surface area contributed by atoms with Gasteiger partial charge in [0.1, 0.15) is 0 Å². The van der Waals surface area contributed by atoms with Crippen molar-refractivity contribution in [1.82, 2.24) is 5.32 Å². The largest absolute Gasteiger partial charge is 0.331 e. The predicted octanol–water partition coefficient (Wildman–Crippen LogP) is 2.94. The summed E-state index contributed by atoms with van der Waals surface area (Å²) in [5, 5.41) is 5.73. The highest BCUT2D eigenvalue weighted by atomic mass is 16.2. The number of nitrogens with one attached hydrogen (secondary N) is 2. The fraction of sp³-hybridized carbons (Fsp3) is 0.214. The van der Waals surface area contributed by atoms with Crippen LogP contribution in [0, 0.1) is 5.92 Å². The van der Waals surface area contributed by atoms with Gasteiger partial charge in [0.2, 0.25) is 0 Å². The Morgan fingerprint density at radius 1 is 1.12 bits per heavy atom. The van der Waals surface area contributed by atoms with Crippen LogP contribution in [0.5, 0.6) is 0 Å². The van der Waals surface area contributed by atoms with Crippen LogP contribution >= 0.6 is 0 Å². The molecule has 0 fully saturated rings. The zero-order valence-corrected chi connectivity index (χ0v) is 9.76. The van der Waals surface area contributed by atoms with Crippen LogP contribution in [0.25, 0.3) is 0 Å². The molecular weight excluding hydrogens is 212 g/mol. The summed E-state index contributed by atoms with van der Waals surface area (Å²) in [6, 6.07) is 9.30. The predicted molar refractivity (Wildman–Crippen MR) is 69.8 cm³/mol. The zero-order chi connectivity index (χ0) is 12.1. The second kappa shape index (κ2) is 5.34. The lowest BCUT2D eigenvalue weighted by atomic mass is 9.97. The number of hydrogen-bond acceptors (Lipinski definition) is 1. The zero-order valence-electron chi connectivity index (χ0n) is 9.76. The third kappa shape index (κ3) is 3.21. The topological polar surface area (TPSA) is 41.1 Å². The molecule has 0 saturated heterocycles. The number of hydrogen-bond donors (Lipinski definition) is 2. The molecule has 2 N–H and O–H groups in total. The summed E-state index contributed by atoms with van der Waals surface area (Å²) in [6.45, 7) is 2.08. The van der Waals surface area contributed by atoms with Gasteiger partial charge in [0.15, 0.2) is 0 Å². The van der Waals surface area contributed by atoms with Gasteiger partial charge in [-0.25, -0.2) is 4.79 Å². The minimum atomic E-state index is -0.173. The van der Waals surface area contributed by atoms with E-state index in [1.807, 2.05) is 48.6 Å². The molecule has 1 aromatic rings. The first-order valence-electron chi connectivity index (χ1n) is 5.73. The Morgan fingerprint density at radius 2 is 1.82 bits per heavy atom. The number of urea groups is 1. The Bertz CT molecular complexity index is 437. The van der Waals surface area contributed by atoms with E-state index in [1.54, 1.807) is 0 Å². The summed E-state index contributed by atoms with van der Waals surface area (Å²) in [5.41, 5.74) is 0.799. The van der Waals surface area contributed by atoms with Crippen LogP contribution in [0.2, 0.25) is 0 Å². The van der Waals surface area contributed by atoms with Crippen LogP contribution in [0.1, 0.15) is 6.92 Å². The van der Waals surface area contributed by atoms with Crippen molar-refractivity contribution in [3.05, 3.63) is 54.6 Å². The Balaban J connectivity index is 1.90. The highest BCUT2D eigenvalue weighted by molar-refractivity contribution is 5.89. The van der Waals surface area contributed by atoms with Gasteiger partial charge in [0.25, 0.3) is 0 Å². The first-order valence-corrected chi connectivity index (χ1v) is 5.73. The number of rotatable bonds is 2. The Labute approximate surface area is 101 Å². The molecule has 3 nitrogen and oxygen atoms in total. The van der Waals surface area contributed by atoms with E-state index >= 15 is 0 Å². The minimum absolute atomic E-state index is 0.0590. The number of para-hydroxylation sites is 1. The van der Waals surface area contributed by atoms with E-state index in [4.69, 9.17) is 0 Å². The molecule has 0 aliphatic heterocycles. The summed E-state index contributed by atoms with van der Waals surface area (Å²) in [4.78, 5) is 11.7. The molecule has 0 bridgehead atoms. The van der Waals surface area contributed by atoms with Gasteiger partial charge in [-0.3, -0.25) is 0 Å². The van der Waals surface area contributed by atoms with E-state index in [1.165, 1.54) is 0 Å². The maximum atomic E-state index is 11.7. The Kier molecular flexibility index (Phi) is 3.60. The van der Waals surface area contributed by atoms with Crippen LogP contribution < -0.4 is 10.6 Å². The number of amides is 2. The molecule has 1 aliphatic carbocycles. The molecule has 0 spiro atoms. The highest BCUT2D eigenvalue weighted by Crippen LogP contribution is 2.12. The molecule has 17 heavy (non-hydrogen) atoms. The van der Waals surface area contributed by atoms with Gasteiger partial charge in [-0.05, 0) is 18.1 Å². The van der Waals surface area contributed by atoms with E-state index in [-0.39, 0.29) is 12.1 Å². The van der Waals surface area contributed by atoms with Gasteiger partial charge >= 0.3 is 6.03 Å². The van der Waals surface area contributed by atoms with Crippen LogP contribution in [0.4, 0.5) is 10.5 Å². The molecule has 0 heterocycles. The SMILES string of the molecule is CC1C=CC=CC1NC(=O)Nc1ccccc1. The average molecular weight is 228 g/mol. The van der Waals surface area contributed by atoms with Crippen LogP contribution in [-0.2, 0) is 0 Å². The third-order valence-corrected chi connectivity index (χ3v) is 2.74. The molecule has 88 valence electrons. The maximum Gasteiger partial charge on any atom is 0.319 e. The minimum Gasteiger partial charge on any atom is -0.331 e. The third-order valence-electron chi connectivity index (χ3n) is 2.74. The molecule has 0 saturated carbocycles. The molecule has 2 rings (SSSR count). The number of anilines is 1. The Hall–Kier alpha value is -2.03. The average Bonchev–Trinajstić information content (AvgIpc) is 2.33. The van der Waals surface area contributed by atoms with Crippen LogP contribution in [-0.4, -0.2) is 12.1 Å². The van der Waals surface area contributed by atoms with Crippen molar-refractivity contribution in [2.45, 2.75) is 13.0 Å². The van der Waals surface area contributed by atoms with E-state index in [0.717, 1.165) is 5.69 Å². The van der Waals surface area contributed by atoms with Crippen molar-refractivity contribution < 1.29 is 4.79 Å². The van der Waals surface area contributed by atoms with E-state index < -0.39 is 0 Å². The van der Waals surface area contributed by atoms with Crippen molar-refractivity contribution in [3.63, 3.8) is 0 Å². The molecule has 2 unspecified atom stereocenters. The van der Waals surface area contributed by atoms with Crippen LogP contribution in [0.3, 0.4) is 0 Å². The number of carbonyl (C=O) groups excluding carboxylic acids is 1. The molecule has 1 aliphatic rings. The van der Waals surface area contributed by atoms with E-state index in [0.29, 0.717) is 5.92 Å². The second-order valence-corrected chi connectivity index (χ2v) is 4.12. The summed E-state index contributed by atoms with van der Waals surface area (Å²) in [6.07, 6.45) is 8.02. The second-order valence-electron chi connectivity index (χ2n) is 4.12. The lowest BCUT2D eigenvalue weighted by molar-refractivity contribution is 0.248. The monoisotopic (exact) mass is 228 g/mol. The molecular formula is C14H16N2O. The van der Waals surface area contributed by atoms with Crippen LogP contribution in [0.15, 0.2) is 54.6 Å². The van der Waals surface area contributed by atoms with Gasteiger partial charge in [-0.15, -0.1) is 0 Å². The number of allylic oxidation sites excluding steroid dienone is 2. The van der Waals surface area contributed by atoms with Gasteiger partial charge in [-0.2, -0.15) is 0 Å². The summed E-state index contributed by atoms with van der Waals surface area (Å²) in [7, 11) is 0. The smallest absolute Gasteiger partial charge is 0.319 e. The molecule has 0 radical (unpaired) electrons. The lowest BCUT2D eigenvalue weighted by Crippen LogP contribution is -2.40. The van der Waals surface area contributed by atoms with E-state index in [2.05, 4.69) is 23.6 Å². The van der Waals surface area contributed by atoms with Crippen molar-refractivity contribution in [1.29, 1.82) is 0 Å². The first kappa shape index (κ1) is 11.5. The first-order chi connectivity index (χ1) is 8.25. The molecule has 2 amide bonds. The Morgan fingerprint density at radius 3 is 2.53 bits per heavy atom. The van der Waals surface area contributed by atoms with Crippen molar-refractivity contribution in [2.75, 3.05) is 5.32 Å². The fourth-order valence-corrected chi connectivity index (χ4v) is 1.74. The van der Waals surface area contributed by atoms with Gasteiger partial charge in [0, 0.05) is 5.69 Å². The summed E-state index contributed by atoms with van der Waals surface area (Å²) < 4.78 is 0. The van der Waals surface area contributed by atoms with Crippen molar-refractivity contribution in [2.24, 2.45) is 5.92 Å². The quantitative estimate of drug-likeness (QED) is 0.802. The molecule has 2 atom stereocenters. The highest BCUT2D eigenvalue weighted by Gasteiger charge is 2.15. The van der Waals surface area contributed by atoms with Crippen molar-refractivity contribution >= 4 is 11.7 Å². The lowest BCUT2D eigenvalue weighted by Gasteiger charge is -2.21. The number of benzene rings is 1. The maximum absolute atomic E-state index is 11.7. The fourth-order valence-electron chi connectivity index (χ4n) is 1.74.